The van der Waals surface area contributed by atoms with E-state index in [9.17, 15) is 19.2 Å². The number of carbonyl (C=O) groups is 4. The van der Waals surface area contributed by atoms with Gasteiger partial charge in [-0.05, 0) is 24.8 Å². The van der Waals surface area contributed by atoms with Gasteiger partial charge in [0.15, 0.2) is 5.12 Å². The summed E-state index contributed by atoms with van der Waals surface area (Å²) in [4.78, 5) is 48.3. The predicted octanol–water partition coefficient (Wildman–Crippen LogP) is 0.916. The molecular formula is C19H25N3O5S. The molecule has 0 aromatic heterocycles. The number of nitrogens with zero attached hydrogens (tertiary/aromatic N) is 2. The van der Waals surface area contributed by atoms with Crippen LogP contribution in [0.1, 0.15) is 25.3 Å². The standard InChI is InChI=1S/C19H25N3O5S/c1-13(23)28-16(11-14-7-4-3-5-8-14)18(26)20-15-9-6-10-21(2)22(19(15)27)12-17(24)25/h3-5,7-8,15-16H,6,9-12H2,1-2H3,(H,20,26)(H,24,25)/t15-,16+/m0/s1. The minimum atomic E-state index is -1.12. The highest BCUT2D eigenvalue weighted by atomic mass is 32.2. The molecule has 8 nitrogen and oxygen atoms in total. The number of hydrogen-bond acceptors (Lipinski definition) is 6. The van der Waals surface area contributed by atoms with Crippen molar-refractivity contribution in [3.8, 4) is 0 Å². The van der Waals surface area contributed by atoms with Crippen molar-refractivity contribution in [1.82, 2.24) is 15.3 Å². The summed E-state index contributed by atoms with van der Waals surface area (Å²) in [5, 5.41) is 13.7. The first-order chi connectivity index (χ1) is 13.3. The number of benzene rings is 1. The van der Waals surface area contributed by atoms with Gasteiger partial charge in [0.25, 0.3) is 5.91 Å². The molecule has 1 heterocycles. The number of thioether (sulfide) groups is 1. The van der Waals surface area contributed by atoms with Gasteiger partial charge in [0.05, 0.1) is 5.25 Å². The molecule has 1 aromatic carbocycles. The lowest BCUT2D eigenvalue weighted by molar-refractivity contribution is -0.157. The number of carbonyl (C=O) groups excluding carboxylic acids is 3. The largest absolute Gasteiger partial charge is 0.480 e. The molecule has 152 valence electrons. The van der Waals surface area contributed by atoms with E-state index >= 15 is 0 Å². The van der Waals surface area contributed by atoms with Gasteiger partial charge >= 0.3 is 5.97 Å². The van der Waals surface area contributed by atoms with Gasteiger partial charge in [0.2, 0.25) is 5.91 Å². The Labute approximate surface area is 168 Å². The second-order valence-corrected chi connectivity index (χ2v) is 8.04. The molecule has 1 aliphatic heterocycles. The third kappa shape index (κ3) is 6.35. The summed E-state index contributed by atoms with van der Waals surface area (Å²) < 4.78 is 0. The summed E-state index contributed by atoms with van der Waals surface area (Å²) in [5.41, 5.74) is 0.913. The average molecular weight is 407 g/mol. The normalized spacial score (nSPS) is 19.0. The van der Waals surface area contributed by atoms with Crippen LogP contribution in [0.15, 0.2) is 30.3 Å². The van der Waals surface area contributed by atoms with Gasteiger partial charge in [0, 0.05) is 20.5 Å². The second kappa shape index (κ2) is 10.2. The Morgan fingerprint density at radius 1 is 1.29 bits per heavy atom. The zero-order valence-corrected chi connectivity index (χ0v) is 16.8. The first-order valence-corrected chi connectivity index (χ1v) is 9.91. The van der Waals surface area contributed by atoms with Gasteiger partial charge in [-0.1, -0.05) is 42.1 Å². The molecule has 0 unspecified atom stereocenters. The zero-order chi connectivity index (χ0) is 20.7. The van der Waals surface area contributed by atoms with Crippen molar-refractivity contribution in [2.75, 3.05) is 20.1 Å². The molecule has 0 aliphatic carbocycles. The maximum absolute atomic E-state index is 12.8. The molecular weight excluding hydrogens is 382 g/mol. The van der Waals surface area contributed by atoms with Gasteiger partial charge in [-0.2, -0.15) is 0 Å². The fourth-order valence-corrected chi connectivity index (χ4v) is 3.91. The zero-order valence-electron chi connectivity index (χ0n) is 16.0. The number of carboxylic acids is 1. The Bertz CT molecular complexity index is 728. The highest BCUT2D eigenvalue weighted by Gasteiger charge is 2.34. The maximum atomic E-state index is 12.8. The fraction of sp³-hybridized carbons (Fsp3) is 0.474. The molecule has 0 bridgehead atoms. The molecule has 0 spiro atoms. The number of hydrazine groups is 1. The summed E-state index contributed by atoms with van der Waals surface area (Å²) >= 11 is 0.929. The van der Waals surface area contributed by atoms with Gasteiger partial charge < -0.3 is 10.4 Å². The first-order valence-electron chi connectivity index (χ1n) is 9.03. The average Bonchev–Trinajstić information content (AvgIpc) is 2.75. The lowest BCUT2D eigenvalue weighted by Gasteiger charge is -2.30. The van der Waals surface area contributed by atoms with Gasteiger partial charge in [0.1, 0.15) is 12.6 Å². The van der Waals surface area contributed by atoms with Crippen LogP contribution in [0.3, 0.4) is 0 Å². The van der Waals surface area contributed by atoms with E-state index in [4.69, 9.17) is 5.11 Å². The van der Waals surface area contributed by atoms with E-state index in [-0.39, 0.29) is 5.12 Å². The summed E-state index contributed by atoms with van der Waals surface area (Å²) in [6.07, 6.45) is 1.40. The first kappa shape index (κ1) is 21.9. The van der Waals surface area contributed by atoms with Crippen LogP contribution in [-0.4, -0.2) is 69.5 Å². The van der Waals surface area contributed by atoms with Gasteiger partial charge in [-0.25, -0.2) is 5.01 Å². The highest BCUT2D eigenvalue weighted by molar-refractivity contribution is 8.14. The summed E-state index contributed by atoms with van der Waals surface area (Å²) in [5.74, 6) is -1.98. The van der Waals surface area contributed by atoms with Crippen LogP contribution in [0.5, 0.6) is 0 Å². The lowest BCUT2D eigenvalue weighted by atomic mass is 10.1. The topological polar surface area (TPSA) is 107 Å². The molecule has 2 rings (SSSR count). The predicted molar refractivity (Wildman–Crippen MR) is 105 cm³/mol. The fourth-order valence-electron chi connectivity index (χ4n) is 3.06. The van der Waals surface area contributed by atoms with E-state index in [0.717, 1.165) is 22.3 Å². The lowest BCUT2D eigenvalue weighted by Crippen LogP contribution is -2.54. The van der Waals surface area contributed by atoms with Crippen LogP contribution in [0.25, 0.3) is 0 Å². The molecule has 1 saturated heterocycles. The number of aliphatic carboxylic acids is 1. The summed E-state index contributed by atoms with van der Waals surface area (Å²) in [6.45, 7) is 1.45. The van der Waals surface area contributed by atoms with Crippen molar-refractivity contribution in [3.05, 3.63) is 35.9 Å². The Morgan fingerprint density at radius 3 is 2.57 bits per heavy atom. The maximum Gasteiger partial charge on any atom is 0.324 e. The number of carboxylic acid groups (broad SMARTS) is 1. The second-order valence-electron chi connectivity index (χ2n) is 6.66. The van der Waals surface area contributed by atoms with Crippen molar-refractivity contribution < 1.29 is 24.3 Å². The van der Waals surface area contributed by atoms with Crippen molar-refractivity contribution >= 4 is 34.7 Å². The summed E-state index contributed by atoms with van der Waals surface area (Å²) in [7, 11) is 1.65. The molecule has 0 saturated carbocycles. The Kier molecular flexibility index (Phi) is 8.01. The molecule has 1 aromatic rings. The van der Waals surface area contributed by atoms with Crippen molar-refractivity contribution in [1.29, 1.82) is 0 Å². The van der Waals surface area contributed by atoms with Gasteiger partial charge in [-0.15, -0.1) is 0 Å². The summed E-state index contributed by atoms with van der Waals surface area (Å²) in [6, 6.07) is 8.52. The van der Waals surface area contributed by atoms with E-state index in [1.165, 1.54) is 6.92 Å². The van der Waals surface area contributed by atoms with Crippen LogP contribution in [0.4, 0.5) is 0 Å². The number of amides is 2. The monoisotopic (exact) mass is 407 g/mol. The van der Waals surface area contributed by atoms with Crippen molar-refractivity contribution in [3.63, 3.8) is 0 Å². The third-order valence-corrected chi connectivity index (χ3v) is 5.40. The van der Waals surface area contributed by atoms with Gasteiger partial charge in [-0.3, -0.25) is 24.2 Å². The number of hydrogen-bond donors (Lipinski definition) is 2. The molecule has 28 heavy (non-hydrogen) atoms. The smallest absolute Gasteiger partial charge is 0.324 e. The van der Waals surface area contributed by atoms with Crippen LogP contribution in [0, 0.1) is 0 Å². The van der Waals surface area contributed by atoms with E-state index < -0.39 is 35.6 Å². The van der Waals surface area contributed by atoms with Crippen LogP contribution in [0.2, 0.25) is 0 Å². The van der Waals surface area contributed by atoms with E-state index in [2.05, 4.69) is 5.32 Å². The van der Waals surface area contributed by atoms with Crippen molar-refractivity contribution in [2.45, 2.75) is 37.5 Å². The highest BCUT2D eigenvalue weighted by Crippen LogP contribution is 2.19. The molecule has 2 N–H and O–H groups in total. The van der Waals surface area contributed by atoms with E-state index in [1.807, 2.05) is 30.3 Å². The minimum absolute atomic E-state index is 0.185. The molecule has 9 heteroatoms. The SMILES string of the molecule is CC(=O)S[C@H](Cc1ccccc1)C(=O)N[C@H]1CCCN(C)N(CC(=O)O)C1=O. The Hall–Kier alpha value is -2.39. The van der Waals surface area contributed by atoms with E-state index in [1.54, 1.807) is 12.1 Å². The quantitative estimate of drug-likeness (QED) is 0.692. The molecule has 1 fully saturated rings. The molecule has 1 aliphatic rings. The van der Waals surface area contributed by atoms with Crippen LogP contribution < -0.4 is 5.32 Å². The minimum Gasteiger partial charge on any atom is -0.480 e. The Balaban J connectivity index is 2.12. The van der Waals surface area contributed by atoms with Crippen LogP contribution >= 0.6 is 11.8 Å². The van der Waals surface area contributed by atoms with Crippen molar-refractivity contribution in [2.24, 2.45) is 0 Å². The number of rotatable bonds is 7. The third-order valence-electron chi connectivity index (χ3n) is 4.41. The molecule has 2 atom stereocenters. The molecule has 0 radical (unpaired) electrons. The Morgan fingerprint density at radius 2 is 1.96 bits per heavy atom. The molecule has 2 amide bonds. The van der Waals surface area contributed by atoms with Crippen LogP contribution in [-0.2, 0) is 25.6 Å². The van der Waals surface area contributed by atoms with E-state index in [0.29, 0.717) is 25.8 Å². The number of nitrogens with one attached hydrogen (secondary N) is 1.